The van der Waals surface area contributed by atoms with Gasteiger partial charge in [-0.15, -0.1) is 11.8 Å². The third kappa shape index (κ3) is 2.44. The van der Waals surface area contributed by atoms with Crippen LogP contribution in [0.4, 0.5) is 0 Å². The fourth-order valence-corrected chi connectivity index (χ4v) is 5.37. The molecule has 0 spiro atoms. The molecule has 0 bridgehead atoms. The lowest BCUT2D eigenvalue weighted by atomic mass is 9.98. The van der Waals surface area contributed by atoms with Gasteiger partial charge in [-0.1, -0.05) is 38.5 Å². The average molecular weight is 462 g/mol. The number of fused-ring (bicyclic) bond motifs is 1. The Morgan fingerprint density at radius 3 is 2.63 bits per heavy atom. The summed E-state index contributed by atoms with van der Waals surface area (Å²) in [5, 5.41) is -0.0921. The number of carbonyl (C=O) groups excluding carboxylic acids is 3. The number of halogens is 2. The molecule has 2 saturated heterocycles. The minimum absolute atomic E-state index is 0.0921. The van der Waals surface area contributed by atoms with E-state index < -0.39 is 19.1 Å². The highest BCUT2D eigenvalue weighted by atomic mass is 127. The number of rotatable bonds is 3. The molecule has 2 aliphatic heterocycles. The Morgan fingerprint density at radius 2 is 2.11 bits per heavy atom. The van der Waals surface area contributed by atoms with Crippen LogP contribution in [-0.2, 0) is 19.1 Å². The molecular weight excluding hydrogens is 449 g/mol. The van der Waals surface area contributed by atoms with Crippen LogP contribution >= 0.6 is 50.3 Å². The van der Waals surface area contributed by atoms with Crippen molar-refractivity contribution in [1.29, 1.82) is 0 Å². The number of hydrogen-bond acceptors (Lipinski definition) is 5. The maximum absolute atomic E-state index is 12.1. The number of amides is 1. The number of ketones is 1. The van der Waals surface area contributed by atoms with Crippen LogP contribution in [0.3, 0.4) is 0 Å². The molecule has 1 unspecified atom stereocenters. The second-order valence-electron chi connectivity index (χ2n) is 5.12. The Kier molecular flexibility index (Phi) is 3.99. The third-order valence-electron chi connectivity index (χ3n) is 3.08. The van der Waals surface area contributed by atoms with Gasteiger partial charge in [0.05, 0.1) is 0 Å². The van der Waals surface area contributed by atoms with Gasteiger partial charge < -0.3 is 9.64 Å². The van der Waals surface area contributed by atoms with Gasteiger partial charge in [-0.25, -0.2) is 4.79 Å². The fraction of sp³-hybridized carbons (Fsp3) is 0.727. The Balaban J connectivity index is 2.18. The third-order valence-corrected chi connectivity index (χ3v) is 7.26. The molecule has 0 aliphatic carbocycles. The van der Waals surface area contributed by atoms with Gasteiger partial charge in [0.2, 0.25) is 0 Å². The van der Waals surface area contributed by atoms with Crippen molar-refractivity contribution in [2.75, 3.05) is 6.61 Å². The predicted molar refractivity (Wildman–Crippen MR) is 83.4 cm³/mol. The largest absolute Gasteiger partial charge is 0.456 e. The zero-order chi connectivity index (χ0) is 14.6. The first kappa shape index (κ1) is 15.6. The molecular formula is C11H13BrINO4S. The van der Waals surface area contributed by atoms with E-state index in [1.165, 1.54) is 6.92 Å². The number of esters is 1. The van der Waals surface area contributed by atoms with Crippen molar-refractivity contribution >= 4 is 67.9 Å². The Labute approximate surface area is 137 Å². The van der Waals surface area contributed by atoms with Gasteiger partial charge in [-0.3, -0.25) is 9.59 Å². The number of carbonyl (C=O) groups is 3. The number of nitrogens with zero attached hydrogens (tertiary/aromatic N) is 1. The van der Waals surface area contributed by atoms with Crippen molar-refractivity contribution in [3.63, 3.8) is 0 Å². The van der Waals surface area contributed by atoms with E-state index in [0.29, 0.717) is 0 Å². The maximum atomic E-state index is 12.1. The molecule has 0 aromatic rings. The Hall–Kier alpha value is 0.170. The summed E-state index contributed by atoms with van der Waals surface area (Å²) >= 11 is 7.01. The van der Waals surface area contributed by atoms with E-state index in [9.17, 15) is 14.4 Å². The fourth-order valence-electron chi connectivity index (χ4n) is 2.21. The highest BCUT2D eigenvalue weighted by molar-refractivity contribution is 14.1. The summed E-state index contributed by atoms with van der Waals surface area (Å²) in [4.78, 5) is 36.6. The van der Waals surface area contributed by atoms with Gasteiger partial charge in [-0.2, -0.15) is 0 Å². The maximum Gasteiger partial charge on any atom is 0.330 e. The minimum atomic E-state index is -0.650. The lowest BCUT2D eigenvalue weighted by Crippen LogP contribution is -2.68. The van der Waals surface area contributed by atoms with Crippen molar-refractivity contribution in [3.05, 3.63) is 0 Å². The van der Waals surface area contributed by atoms with Crippen molar-refractivity contribution in [2.45, 2.75) is 39.3 Å². The van der Waals surface area contributed by atoms with E-state index in [1.54, 1.807) is 16.7 Å². The zero-order valence-corrected chi connectivity index (χ0v) is 15.2. The van der Waals surface area contributed by atoms with Gasteiger partial charge in [-0.05, 0) is 20.8 Å². The first-order valence-corrected chi connectivity index (χ1v) is 8.38. The summed E-state index contributed by atoms with van der Waals surface area (Å²) in [5.74, 6) is -0.851. The first-order chi connectivity index (χ1) is 8.59. The van der Waals surface area contributed by atoms with Crippen LogP contribution in [0.5, 0.6) is 0 Å². The highest BCUT2D eigenvalue weighted by Gasteiger charge is 2.70. The second-order valence-corrected chi connectivity index (χ2v) is 11.3. The number of thioether (sulfide) groups is 1. The standard InChI is InChI=1S/C11H13BrINO4S/c1-5(15)4-18-7(16)6-10(2,3)19-9-11(12,13)8(17)14(6)9/h6,9H,4H2,1-3H3/t6-,9+,11?/m0/s1. The summed E-state index contributed by atoms with van der Waals surface area (Å²) in [6, 6.07) is -0.644. The predicted octanol–water partition coefficient (Wildman–Crippen LogP) is 1.71. The van der Waals surface area contributed by atoms with E-state index in [2.05, 4.69) is 38.5 Å². The molecule has 1 amide bonds. The average Bonchev–Trinajstić information content (AvgIpc) is 2.56. The van der Waals surface area contributed by atoms with E-state index >= 15 is 0 Å². The SMILES string of the molecule is CC(=O)COC(=O)[C@@H]1N2C(=O)C(Br)(I)[C@H]2SC1(C)C. The normalized spacial score (nSPS) is 35.6. The lowest BCUT2D eigenvalue weighted by Gasteiger charge is -2.46. The van der Waals surface area contributed by atoms with E-state index in [4.69, 9.17) is 4.74 Å². The molecule has 2 aliphatic rings. The van der Waals surface area contributed by atoms with Crippen LogP contribution in [0.2, 0.25) is 0 Å². The number of ether oxygens (including phenoxy) is 1. The van der Waals surface area contributed by atoms with E-state index in [0.717, 1.165) is 0 Å². The van der Waals surface area contributed by atoms with Gasteiger partial charge in [0.25, 0.3) is 5.91 Å². The lowest BCUT2D eigenvalue weighted by molar-refractivity contribution is -0.162. The van der Waals surface area contributed by atoms with Crippen molar-refractivity contribution < 1.29 is 19.1 Å². The van der Waals surface area contributed by atoms with Crippen molar-refractivity contribution in [2.24, 2.45) is 0 Å². The van der Waals surface area contributed by atoms with E-state index in [-0.39, 0.29) is 23.7 Å². The van der Waals surface area contributed by atoms with Crippen molar-refractivity contribution in [3.8, 4) is 0 Å². The highest BCUT2D eigenvalue weighted by Crippen LogP contribution is 2.60. The quantitative estimate of drug-likeness (QED) is 0.277. The Bertz CT molecular complexity index is 468. The second kappa shape index (κ2) is 4.87. The van der Waals surface area contributed by atoms with Gasteiger partial charge >= 0.3 is 5.97 Å². The monoisotopic (exact) mass is 461 g/mol. The van der Waals surface area contributed by atoms with Gasteiger partial charge in [0.1, 0.15) is 18.0 Å². The molecule has 2 rings (SSSR count). The molecule has 0 radical (unpaired) electrons. The molecule has 0 aromatic carbocycles. The van der Waals surface area contributed by atoms with Crippen LogP contribution in [0.15, 0.2) is 0 Å². The molecule has 2 fully saturated rings. The summed E-state index contributed by atoms with van der Waals surface area (Å²) in [5.41, 5.74) is 0. The van der Waals surface area contributed by atoms with Gasteiger partial charge in [0.15, 0.2) is 8.11 Å². The van der Waals surface area contributed by atoms with Gasteiger partial charge in [0, 0.05) is 4.75 Å². The molecule has 5 nitrogen and oxygen atoms in total. The summed E-state index contributed by atoms with van der Waals surface area (Å²) in [7, 11) is 0. The molecule has 0 aromatic heterocycles. The topological polar surface area (TPSA) is 63.7 Å². The number of Topliss-reactive ketones (excluding diaryl/α,β-unsaturated/α-hetero) is 1. The van der Waals surface area contributed by atoms with Crippen molar-refractivity contribution in [1.82, 2.24) is 4.90 Å². The smallest absolute Gasteiger partial charge is 0.330 e. The van der Waals surface area contributed by atoms with Crippen LogP contribution in [0.25, 0.3) is 0 Å². The summed E-state index contributed by atoms with van der Waals surface area (Å²) in [6.07, 6.45) is 0. The minimum Gasteiger partial charge on any atom is -0.456 e. The molecule has 2 heterocycles. The van der Waals surface area contributed by atoms with E-state index in [1.807, 2.05) is 13.8 Å². The van der Waals surface area contributed by atoms with Crippen LogP contribution < -0.4 is 0 Å². The zero-order valence-electron chi connectivity index (χ0n) is 10.6. The number of β-lactam (4-membered cyclic amide) rings is 1. The summed E-state index contributed by atoms with van der Waals surface area (Å²) in [6.45, 7) is 4.92. The van der Waals surface area contributed by atoms with Crippen LogP contribution in [0.1, 0.15) is 20.8 Å². The Morgan fingerprint density at radius 1 is 1.53 bits per heavy atom. The molecule has 8 heteroatoms. The van der Waals surface area contributed by atoms with Crippen LogP contribution in [0, 0.1) is 0 Å². The summed E-state index contributed by atoms with van der Waals surface area (Å²) < 4.78 is 3.89. The van der Waals surface area contributed by atoms with Crippen LogP contribution in [-0.4, -0.2) is 47.7 Å². The number of hydrogen-bond donors (Lipinski definition) is 0. The number of alkyl halides is 2. The molecule has 0 N–H and O–H groups in total. The first-order valence-electron chi connectivity index (χ1n) is 5.63. The molecule has 19 heavy (non-hydrogen) atoms. The molecule has 3 atom stereocenters. The molecule has 0 saturated carbocycles. The molecule has 106 valence electrons.